The lowest BCUT2D eigenvalue weighted by molar-refractivity contribution is 0.0392. The quantitative estimate of drug-likeness (QED) is 0.883. The summed E-state index contributed by atoms with van der Waals surface area (Å²) < 4.78 is 37.1. The maximum Gasteiger partial charge on any atom is 0.335 e. The molecular weight excluding hydrogens is 298 g/mol. The first kappa shape index (κ1) is 15.7. The average Bonchev–Trinajstić information content (AvgIpc) is 2.46. The van der Waals surface area contributed by atoms with Crippen LogP contribution in [-0.4, -0.2) is 56.7 Å². The molecule has 8 heteroatoms. The molecule has 0 amide bonds. The minimum absolute atomic E-state index is 0.102. The molecule has 0 bridgehead atoms. The highest BCUT2D eigenvalue weighted by Gasteiger charge is 2.34. The van der Waals surface area contributed by atoms with Crippen LogP contribution >= 0.6 is 0 Å². The zero-order valence-electron chi connectivity index (χ0n) is 11.8. The normalized spacial score (nSPS) is 20.2. The van der Waals surface area contributed by atoms with Crippen molar-refractivity contribution in [3.05, 3.63) is 23.8 Å². The zero-order valence-corrected chi connectivity index (χ0v) is 12.6. The maximum atomic E-state index is 12.7. The van der Waals surface area contributed by atoms with Crippen molar-refractivity contribution in [3.63, 3.8) is 0 Å². The lowest BCUT2D eigenvalue weighted by Gasteiger charge is -2.32. The van der Waals surface area contributed by atoms with Crippen molar-refractivity contribution in [2.24, 2.45) is 0 Å². The molecule has 0 saturated carbocycles. The number of carboxylic acids is 1. The number of hydrogen-bond donors (Lipinski definition) is 1. The molecule has 0 aromatic heterocycles. The summed E-state index contributed by atoms with van der Waals surface area (Å²) in [6.07, 6.45) is 0. The minimum atomic E-state index is -3.84. The largest absolute Gasteiger partial charge is 0.495 e. The van der Waals surface area contributed by atoms with Gasteiger partial charge in [0, 0.05) is 12.6 Å². The topological polar surface area (TPSA) is 93.1 Å². The highest BCUT2D eigenvalue weighted by atomic mass is 32.2. The van der Waals surface area contributed by atoms with Crippen molar-refractivity contribution < 1.29 is 27.8 Å². The van der Waals surface area contributed by atoms with E-state index in [1.807, 2.05) is 0 Å². The van der Waals surface area contributed by atoms with Crippen molar-refractivity contribution >= 4 is 16.0 Å². The molecule has 1 fully saturated rings. The first-order valence-corrected chi connectivity index (χ1v) is 7.83. The number of morpholine rings is 1. The van der Waals surface area contributed by atoms with Crippen LogP contribution in [0.2, 0.25) is 0 Å². The van der Waals surface area contributed by atoms with Gasteiger partial charge in [0.05, 0.1) is 25.9 Å². The summed E-state index contributed by atoms with van der Waals surface area (Å²) in [6, 6.07) is 3.46. The van der Waals surface area contributed by atoms with E-state index < -0.39 is 16.0 Å². The van der Waals surface area contributed by atoms with Gasteiger partial charge in [-0.3, -0.25) is 0 Å². The molecule has 1 aromatic carbocycles. The van der Waals surface area contributed by atoms with Gasteiger partial charge in [0.25, 0.3) is 0 Å². The third kappa shape index (κ3) is 3.02. The van der Waals surface area contributed by atoms with Crippen LogP contribution in [0.15, 0.2) is 23.1 Å². The predicted molar refractivity (Wildman–Crippen MR) is 74.1 cm³/mol. The van der Waals surface area contributed by atoms with Crippen molar-refractivity contribution in [3.8, 4) is 5.75 Å². The van der Waals surface area contributed by atoms with E-state index in [-0.39, 0.29) is 28.8 Å². The number of hydrogen-bond acceptors (Lipinski definition) is 5. The van der Waals surface area contributed by atoms with Gasteiger partial charge in [-0.1, -0.05) is 0 Å². The van der Waals surface area contributed by atoms with E-state index in [0.717, 1.165) is 6.07 Å². The van der Waals surface area contributed by atoms with E-state index in [0.29, 0.717) is 13.2 Å². The summed E-state index contributed by atoms with van der Waals surface area (Å²) in [7, 11) is -2.50. The van der Waals surface area contributed by atoms with Gasteiger partial charge in [-0.05, 0) is 25.1 Å². The number of aromatic carboxylic acids is 1. The number of methoxy groups -OCH3 is 1. The summed E-state index contributed by atoms with van der Waals surface area (Å²) in [5.74, 6) is -1.07. The number of carbonyl (C=O) groups is 1. The van der Waals surface area contributed by atoms with Gasteiger partial charge in [-0.25, -0.2) is 13.2 Å². The van der Waals surface area contributed by atoms with Crippen LogP contribution in [0, 0.1) is 0 Å². The maximum absolute atomic E-state index is 12.7. The van der Waals surface area contributed by atoms with Crippen molar-refractivity contribution in [1.82, 2.24) is 4.31 Å². The Morgan fingerprint density at radius 1 is 1.48 bits per heavy atom. The van der Waals surface area contributed by atoms with Crippen LogP contribution in [0.4, 0.5) is 0 Å². The summed E-state index contributed by atoms with van der Waals surface area (Å²) in [5, 5.41) is 9.03. The molecule has 1 saturated heterocycles. The van der Waals surface area contributed by atoms with Gasteiger partial charge in [0.1, 0.15) is 10.6 Å². The molecule has 0 spiro atoms. The highest BCUT2D eigenvalue weighted by Crippen LogP contribution is 2.29. The standard InChI is InChI=1S/C13H17NO6S/c1-9-8-20-6-5-14(9)21(17,18)12-7-10(13(15)16)3-4-11(12)19-2/h3-4,7,9H,5-6,8H2,1-2H3,(H,15,16). The second-order valence-corrected chi connectivity index (χ2v) is 6.57. The second kappa shape index (κ2) is 6.00. The van der Waals surface area contributed by atoms with Crippen LogP contribution in [0.3, 0.4) is 0 Å². The Bertz CT molecular complexity index is 642. The number of ether oxygens (including phenoxy) is 2. The van der Waals surface area contributed by atoms with Crippen LogP contribution < -0.4 is 4.74 Å². The van der Waals surface area contributed by atoms with Gasteiger partial charge in [0.15, 0.2) is 0 Å². The number of benzene rings is 1. The first-order valence-electron chi connectivity index (χ1n) is 6.39. The fourth-order valence-corrected chi connectivity index (χ4v) is 3.99. The van der Waals surface area contributed by atoms with E-state index in [2.05, 4.69) is 0 Å². The number of carboxylic acid groups (broad SMARTS) is 1. The van der Waals surface area contributed by atoms with Crippen LogP contribution in [0.25, 0.3) is 0 Å². The van der Waals surface area contributed by atoms with Crippen LogP contribution in [0.1, 0.15) is 17.3 Å². The molecule has 1 aliphatic rings. The average molecular weight is 315 g/mol. The molecule has 0 radical (unpaired) electrons. The Labute approximate surface area is 123 Å². The predicted octanol–water partition coefficient (Wildman–Crippen LogP) is 0.803. The molecule has 116 valence electrons. The Morgan fingerprint density at radius 3 is 2.76 bits per heavy atom. The SMILES string of the molecule is COc1ccc(C(=O)O)cc1S(=O)(=O)N1CCOCC1C. The molecule has 1 unspecified atom stereocenters. The van der Waals surface area contributed by atoms with Gasteiger partial charge >= 0.3 is 5.97 Å². The van der Waals surface area contributed by atoms with Gasteiger partial charge in [-0.2, -0.15) is 4.31 Å². The molecule has 1 aliphatic heterocycles. The smallest absolute Gasteiger partial charge is 0.335 e. The summed E-state index contributed by atoms with van der Waals surface area (Å²) in [6.45, 7) is 2.58. The number of nitrogens with zero attached hydrogens (tertiary/aromatic N) is 1. The number of rotatable bonds is 4. The van der Waals surface area contributed by atoms with Crippen LogP contribution in [0.5, 0.6) is 5.75 Å². The Morgan fingerprint density at radius 2 is 2.19 bits per heavy atom. The molecule has 7 nitrogen and oxygen atoms in total. The van der Waals surface area contributed by atoms with E-state index in [1.165, 1.54) is 23.5 Å². The monoisotopic (exact) mass is 315 g/mol. The molecule has 0 aliphatic carbocycles. The lowest BCUT2D eigenvalue weighted by atomic mass is 10.2. The summed E-state index contributed by atoms with van der Waals surface area (Å²) in [5.41, 5.74) is -0.102. The third-order valence-electron chi connectivity index (χ3n) is 3.30. The number of sulfonamides is 1. The minimum Gasteiger partial charge on any atom is -0.495 e. The molecule has 1 N–H and O–H groups in total. The summed E-state index contributed by atoms with van der Waals surface area (Å²) in [4.78, 5) is 10.9. The van der Waals surface area contributed by atoms with Crippen molar-refractivity contribution in [2.45, 2.75) is 17.9 Å². The molecule has 1 heterocycles. The molecule has 1 aromatic rings. The van der Waals surface area contributed by atoms with Crippen molar-refractivity contribution in [2.75, 3.05) is 26.9 Å². The Hall–Kier alpha value is -1.64. The fourth-order valence-electron chi connectivity index (χ4n) is 2.21. The first-order chi connectivity index (χ1) is 9.87. The van der Waals surface area contributed by atoms with E-state index >= 15 is 0 Å². The molecule has 1 atom stereocenters. The van der Waals surface area contributed by atoms with Gasteiger partial charge in [0.2, 0.25) is 10.0 Å². The van der Waals surface area contributed by atoms with Crippen LogP contribution in [-0.2, 0) is 14.8 Å². The van der Waals surface area contributed by atoms with E-state index in [4.69, 9.17) is 14.6 Å². The molecular formula is C13H17NO6S. The Balaban J connectivity index is 2.52. The Kier molecular flexibility index (Phi) is 4.50. The zero-order chi connectivity index (χ0) is 15.6. The van der Waals surface area contributed by atoms with Crippen molar-refractivity contribution in [1.29, 1.82) is 0 Å². The summed E-state index contributed by atoms with van der Waals surface area (Å²) >= 11 is 0. The molecule has 2 rings (SSSR count). The molecule has 21 heavy (non-hydrogen) atoms. The van der Waals surface area contributed by atoms with Gasteiger partial charge < -0.3 is 14.6 Å². The lowest BCUT2D eigenvalue weighted by Crippen LogP contribution is -2.47. The highest BCUT2D eigenvalue weighted by molar-refractivity contribution is 7.89. The van der Waals surface area contributed by atoms with E-state index in [1.54, 1.807) is 6.92 Å². The van der Waals surface area contributed by atoms with E-state index in [9.17, 15) is 13.2 Å². The second-order valence-electron chi connectivity index (χ2n) is 4.71. The fraction of sp³-hybridized carbons (Fsp3) is 0.462. The van der Waals surface area contributed by atoms with Gasteiger partial charge in [-0.15, -0.1) is 0 Å². The third-order valence-corrected chi connectivity index (χ3v) is 5.34.